The number of halogens is 1. The first-order valence-electron chi connectivity index (χ1n) is 10.5. The molecule has 0 bridgehead atoms. The number of hydrogen-bond acceptors (Lipinski definition) is 8. The molecule has 0 saturated heterocycles. The summed E-state index contributed by atoms with van der Waals surface area (Å²) in [6.45, 7) is 0. The molecule has 0 unspecified atom stereocenters. The van der Waals surface area contributed by atoms with Crippen LogP contribution in [0, 0.1) is 16.5 Å². The van der Waals surface area contributed by atoms with Gasteiger partial charge < -0.3 is 25.3 Å². The quantitative estimate of drug-likeness (QED) is 0.255. The summed E-state index contributed by atoms with van der Waals surface area (Å²) in [5.41, 5.74) is 2.86. The monoisotopic (exact) mass is 474 g/mol. The van der Waals surface area contributed by atoms with Gasteiger partial charge in [-0.25, -0.2) is 4.98 Å². The van der Waals surface area contributed by atoms with Crippen LogP contribution in [0.25, 0.3) is 5.70 Å². The van der Waals surface area contributed by atoms with Crippen molar-refractivity contribution in [3.05, 3.63) is 76.1 Å². The number of nitrogens with one attached hydrogen (secondary N) is 2. The predicted octanol–water partition coefficient (Wildman–Crippen LogP) is 6.00. The van der Waals surface area contributed by atoms with Gasteiger partial charge in [0.2, 0.25) is 5.82 Å². The van der Waals surface area contributed by atoms with Crippen LogP contribution in [-0.2, 0) is 0 Å². The van der Waals surface area contributed by atoms with Crippen LogP contribution in [0.4, 0.5) is 17.3 Å². The number of azo groups is 1. The Kier molecular flexibility index (Phi) is 5.65. The lowest BCUT2D eigenvalue weighted by atomic mass is 10.1. The fourth-order valence-electron chi connectivity index (χ4n) is 3.36. The molecule has 1 aliphatic carbocycles. The first-order chi connectivity index (χ1) is 16.5. The number of pyridine rings is 1. The molecule has 2 aliphatic rings. The minimum atomic E-state index is 0.139. The van der Waals surface area contributed by atoms with E-state index < -0.39 is 0 Å². The highest BCUT2D eigenvalue weighted by molar-refractivity contribution is 6.32. The molecule has 0 atom stereocenters. The maximum atomic E-state index is 11.1. The van der Waals surface area contributed by atoms with Gasteiger partial charge in [0.25, 0.3) is 0 Å². The number of benzene rings is 2. The number of ether oxygens (including phenoxy) is 2. The van der Waals surface area contributed by atoms with Crippen molar-refractivity contribution in [3.63, 3.8) is 0 Å². The van der Waals surface area contributed by atoms with Crippen molar-refractivity contribution in [2.75, 3.05) is 17.7 Å². The second kappa shape index (κ2) is 8.92. The summed E-state index contributed by atoms with van der Waals surface area (Å²) in [4.78, 5) is 4.76. The topological polar surface area (TPSA) is 118 Å². The summed E-state index contributed by atoms with van der Waals surface area (Å²) < 4.78 is 11.7. The van der Waals surface area contributed by atoms with Crippen molar-refractivity contribution >= 4 is 34.6 Å². The molecule has 5 rings (SSSR count). The lowest BCUT2D eigenvalue weighted by molar-refractivity contribution is -0.493. The summed E-state index contributed by atoms with van der Waals surface area (Å²) >= 11 is 6.35. The van der Waals surface area contributed by atoms with Crippen molar-refractivity contribution in [1.29, 1.82) is 5.26 Å². The number of anilines is 2. The van der Waals surface area contributed by atoms with Crippen LogP contribution in [-0.4, -0.2) is 23.0 Å². The van der Waals surface area contributed by atoms with Crippen molar-refractivity contribution in [2.45, 2.75) is 18.9 Å². The summed E-state index contributed by atoms with van der Waals surface area (Å²) in [6.07, 6.45) is 3.88. The Labute approximate surface area is 200 Å². The third-order valence-corrected chi connectivity index (χ3v) is 5.37. The van der Waals surface area contributed by atoms with Crippen LogP contribution in [0.2, 0.25) is 5.02 Å². The molecule has 0 amide bonds. The highest BCUT2D eigenvalue weighted by atomic mass is 35.5. The third-order valence-electron chi connectivity index (χ3n) is 5.09. The molecule has 34 heavy (non-hydrogen) atoms. The van der Waals surface area contributed by atoms with E-state index in [0.717, 1.165) is 29.8 Å². The van der Waals surface area contributed by atoms with Crippen LogP contribution in [0.15, 0.2) is 59.8 Å². The summed E-state index contributed by atoms with van der Waals surface area (Å²) in [5, 5.41) is 31.1. The summed E-state index contributed by atoms with van der Waals surface area (Å²) in [6, 6.07) is 16.3. The SMILES string of the molecule is C[N+]([O-])=Nc1ccc2c(n1)NC=C(c1ccc(Oc3cc(Cl)c(OC4CC4)c(C#N)c3)cc1)N2. The number of nitrogens with zero attached hydrogens (tertiary/aromatic N) is 4. The normalized spacial score (nSPS) is 14.7. The number of fused-ring (bicyclic) bond motifs is 1. The van der Waals surface area contributed by atoms with Crippen molar-refractivity contribution in [2.24, 2.45) is 5.11 Å². The fraction of sp³-hybridized carbons (Fsp3) is 0.167. The lowest BCUT2D eigenvalue weighted by Gasteiger charge is -2.20. The Morgan fingerprint density at radius 2 is 1.97 bits per heavy atom. The van der Waals surface area contributed by atoms with E-state index in [1.807, 2.05) is 24.3 Å². The van der Waals surface area contributed by atoms with E-state index in [-0.39, 0.29) is 6.10 Å². The minimum Gasteiger partial charge on any atom is -0.600 e. The van der Waals surface area contributed by atoms with E-state index in [1.165, 1.54) is 7.05 Å². The number of hydrogen-bond donors (Lipinski definition) is 2. The summed E-state index contributed by atoms with van der Waals surface area (Å²) in [5.74, 6) is 2.35. The third kappa shape index (κ3) is 4.72. The highest BCUT2D eigenvalue weighted by Gasteiger charge is 2.26. The van der Waals surface area contributed by atoms with Gasteiger partial charge in [0, 0.05) is 23.4 Å². The molecule has 0 radical (unpaired) electrons. The molecule has 2 heterocycles. The molecule has 170 valence electrons. The van der Waals surface area contributed by atoms with Gasteiger partial charge in [0.1, 0.15) is 17.6 Å². The molecular formula is C24H19ClN6O3. The first-order valence-corrected chi connectivity index (χ1v) is 10.9. The molecule has 3 aromatic rings. The van der Waals surface area contributed by atoms with E-state index in [2.05, 4.69) is 26.8 Å². The number of nitriles is 1. The molecule has 9 nitrogen and oxygen atoms in total. The fourth-order valence-corrected chi connectivity index (χ4v) is 3.61. The summed E-state index contributed by atoms with van der Waals surface area (Å²) in [7, 11) is 1.30. The van der Waals surface area contributed by atoms with Gasteiger partial charge in [-0.3, -0.25) is 0 Å². The van der Waals surface area contributed by atoms with Crippen molar-refractivity contribution in [1.82, 2.24) is 4.98 Å². The Morgan fingerprint density at radius 3 is 2.68 bits per heavy atom. The number of aromatic nitrogens is 1. The van der Waals surface area contributed by atoms with Crippen LogP contribution < -0.4 is 20.1 Å². The molecule has 1 fully saturated rings. The standard InChI is InChI=1S/C24H19ClN6O3/c1-31(32)30-22-9-8-20-24(29-22)27-13-21(28-20)14-2-4-16(5-3-14)33-18-10-15(12-26)23(19(25)11-18)34-17-6-7-17/h2-5,8-11,13,17,28H,6-7H2,1H3,(H,27,29). The Bertz CT molecular complexity index is 1360. The smallest absolute Gasteiger partial charge is 0.222 e. The average Bonchev–Trinajstić information content (AvgIpc) is 3.65. The first kappa shape index (κ1) is 21.6. The van der Waals surface area contributed by atoms with E-state index in [1.54, 1.807) is 30.5 Å². The second-order valence-corrected chi connectivity index (χ2v) is 8.20. The molecule has 10 heteroatoms. The Morgan fingerprint density at radius 1 is 1.18 bits per heavy atom. The van der Waals surface area contributed by atoms with E-state index in [0.29, 0.717) is 44.3 Å². The Balaban J connectivity index is 1.30. The van der Waals surface area contributed by atoms with Crippen molar-refractivity contribution < 1.29 is 14.3 Å². The van der Waals surface area contributed by atoms with Crippen LogP contribution in [0.5, 0.6) is 17.2 Å². The van der Waals surface area contributed by atoms with Gasteiger partial charge in [-0.05, 0) is 54.8 Å². The van der Waals surface area contributed by atoms with Crippen molar-refractivity contribution in [3.8, 4) is 23.3 Å². The van der Waals surface area contributed by atoms with Gasteiger partial charge in [0.15, 0.2) is 18.6 Å². The van der Waals surface area contributed by atoms with Gasteiger partial charge in [-0.15, -0.1) is 0 Å². The highest BCUT2D eigenvalue weighted by Crippen LogP contribution is 2.39. The predicted molar refractivity (Wildman–Crippen MR) is 127 cm³/mol. The van der Waals surface area contributed by atoms with E-state index in [4.69, 9.17) is 21.1 Å². The zero-order valence-corrected chi connectivity index (χ0v) is 18.8. The zero-order valence-electron chi connectivity index (χ0n) is 18.1. The average molecular weight is 475 g/mol. The molecule has 1 saturated carbocycles. The van der Waals surface area contributed by atoms with Crippen LogP contribution in [0.3, 0.4) is 0 Å². The van der Waals surface area contributed by atoms with Gasteiger partial charge >= 0.3 is 0 Å². The van der Waals surface area contributed by atoms with Gasteiger partial charge in [-0.1, -0.05) is 16.5 Å². The number of hydroxylamine groups is 1. The van der Waals surface area contributed by atoms with Crippen LogP contribution in [0.1, 0.15) is 24.0 Å². The second-order valence-electron chi connectivity index (χ2n) is 7.79. The van der Waals surface area contributed by atoms with Crippen LogP contribution >= 0.6 is 11.6 Å². The molecule has 1 aromatic heterocycles. The lowest BCUT2D eigenvalue weighted by Crippen LogP contribution is -2.10. The minimum absolute atomic E-state index is 0.139. The molecular weight excluding hydrogens is 456 g/mol. The Hall–Kier alpha value is -4.29. The van der Waals surface area contributed by atoms with Gasteiger partial charge in [0.05, 0.1) is 28.1 Å². The number of rotatable bonds is 6. The zero-order chi connectivity index (χ0) is 23.7. The molecule has 2 aromatic carbocycles. The largest absolute Gasteiger partial charge is 0.600 e. The van der Waals surface area contributed by atoms with E-state index >= 15 is 0 Å². The molecule has 2 N–H and O–H groups in total. The maximum absolute atomic E-state index is 11.1. The van der Waals surface area contributed by atoms with Gasteiger partial charge in [-0.2, -0.15) is 5.26 Å². The van der Waals surface area contributed by atoms with E-state index in [9.17, 15) is 10.5 Å². The maximum Gasteiger partial charge on any atom is 0.222 e. The molecule has 1 aliphatic heterocycles. The molecule has 0 spiro atoms.